The molecule has 24 heavy (non-hydrogen) atoms. The molecule has 8 heteroatoms. The van der Waals surface area contributed by atoms with E-state index in [9.17, 15) is 18.4 Å². The highest BCUT2D eigenvalue weighted by molar-refractivity contribution is 5.84. The summed E-state index contributed by atoms with van der Waals surface area (Å²) >= 11 is 0. The maximum Gasteiger partial charge on any atom is 0.317 e. The summed E-state index contributed by atoms with van der Waals surface area (Å²) in [7, 11) is 3.36. The quantitative estimate of drug-likeness (QED) is 0.815. The van der Waals surface area contributed by atoms with Crippen LogP contribution in [0.5, 0.6) is 0 Å². The van der Waals surface area contributed by atoms with E-state index in [-0.39, 0.29) is 30.6 Å². The van der Waals surface area contributed by atoms with E-state index >= 15 is 0 Å². The lowest BCUT2D eigenvalue weighted by Gasteiger charge is -2.28. The maximum atomic E-state index is 14.0. The number of nitrogens with zero attached hydrogens (tertiary/aromatic N) is 2. The van der Waals surface area contributed by atoms with Crippen molar-refractivity contribution in [2.24, 2.45) is 0 Å². The summed E-state index contributed by atoms with van der Waals surface area (Å²) in [5.41, 5.74) is -0.0847. The molecule has 1 aromatic rings. The van der Waals surface area contributed by atoms with Gasteiger partial charge in [0.15, 0.2) is 0 Å². The number of urea groups is 1. The van der Waals surface area contributed by atoms with Crippen LogP contribution in [-0.2, 0) is 4.79 Å². The molecule has 0 saturated carbocycles. The number of carbonyl (C=O) groups is 2. The Morgan fingerprint density at radius 3 is 2.62 bits per heavy atom. The molecule has 0 unspecified atom stereocenters. The first-order valence-corrected chi connectivity index (χ1v) is 7.80. The summed E-state index contributed by atoms with van der Waals surface area (Å²) in [6.45, 7) is 1.08. The van der Waals surface area contributed by atoms with E-state index in [2.05, 4.69) is 10.6 Å². The van der Waals surface area contributed by atoms with Crippen LogP contribution in [0.3, 0.4) is 0 Å². The first-order chi connectivity index (χ1) is 11.4. The van der Waals surface area contributed by atoms with Crippen molar-refractivity contribution >= 4 is 11.9 Å². The van der Waals surface area contributed by atoms with Crippen molar-refractivity contribution in [3.8, 4) is 0 Å². The molecule has 1 aliphatic heterocycles. The van der Waals surface area contributed by atoms with E-state index in [1.54, 1.807) is 19.0 Å². The lowest BCUT2D eigenvalue weighted by Crippen LogP contribution is -2.50. The van der Waals surface area contributed by atoms with Gasteiger partial charge in [0.05, 0.1) is 6.04 Å². The smallest absolute Gasteiger partial charge is 0.317 e. The van der Waals surface area contributed by atoms with E-state index < -0.39 is 17.7 Å². The molecule has 0 aliphatic carbocycles. The lowest BCUT2D eigenvalue weighted by atomic mass is 10.0. The Morgan fingerprint density at radius 1 is 1.38 bits per heavy atom. The van der Waals surface area contributed by atoms with Crippen LogP contribution in [0.4, 0.5) is 13.6 Å². The molecule has 2 rings (SSSR count). The number of rotatable bonds is 6. The highest BCUT2D eigenvalue weighted by Crippen LogP contribution is 2.23. The highest BCUT2D eigenvalue weighted by atomic mass is 19.1. The Labute approximate surface area is 139 Å². The Balaban J connectivity index is 1.99. The zero-order chi connectivity index (χ0) is 17.7. The van der Waals surface area contributed by atoms with Gasteiger partial charge in [-0.25, -0.2) is 13.6 Å². The lowest BCUT2D eigenvalue weighted by molar-refractivity contribution is -0.122. The molecular formula is C16H22F2N4O2. The fourth-order valence-corrected chi connectivity index (χ4v) is 2.64. The number of halogens is 2. The first kappa shape index (κ1) is 18.1. The molecule has 1 atom stereocenters. The molecule has 1 heterocycles. The van der Waals surface area contributed by atoms with Crippen LogP contribution in [0.25, 0.3) is 0 Å². The van der Waals surface area contributed by atoms with Crippen LogP contribution in [0.1, 0.15) is 18.0 Å². The minimum absolute atomic E-state index is 0.0408. The Kier molecular flexibility index (Phi) is 6.08. The summed E-state index contributed by atoms with van der Waals surface area (Å²) < 4.78 is 27.9. The average Bonchev–Trinajstić information content (AvgIpc) is 2.52. The average molecular weight is 340 g/mol. The van der Waals surface area contributed by atoms with Gasteiger partial charge in [-0.05, 0) is 32.6 Å². The van der Waals surface area contributed by atoms with Gasteiger partial charge in [-0.15, -0.1) is 0 Å². The number of carbonyl (C=O) groups excluding carboxylic acids is 2. The molecule has 0 bridgehead atoms. The van der Waals surface area contributed by atoms with Gasteiger partial charge in [0, 0.05) is 25.2 Å². The van der Waals surface area contributed by atoms with Gasteiger partial charge >= 0.3 is 6.03 Å². The van der Waals surface area contributed by atoms with Crippen LogP contribution >= 0.6 is 0 Å². The molecule has 1 aromatic carbocycles. The zero-order valence-electron chi connectivity index (χ0n) is 13.8. The molecule has 3 amide bonds. The monoisotopic (exact) mass is 340 g/mol. The second-order valence-electron chi connectivity index (χ2n) is 5.93. The zero-order valence-corrected chi connectivity index (χ0v) is 13.8. The third-order valence-corrected chi connectivity index (χ3v) is 3.95. The van der Waals surface area contributed by atoms with Crippen LogP contribution in [0.15, 0.2) is 18.2 Å². The molecule has 0 radical (unpaired) electrons. The third kappa shape index (κ3) is 4.41. The second-order valence-corrected chi connectivity index (χ2v) is 5.93. The SMILES string of the molecule is CN(C)[C@@H](CNC(=O)CN1CCCNC1=O)c1c(F)cccc1F. The number of likely N-dealkylation sites (N-methyl/N-ethyl adjacent to an activating group) is 1. The van der Waals surface area contributed by atoms with E-state index in [1.807, 2.05) is 0 Å². The van der Waals surface area contributed by atoms with Crippen molar-refractivity contribution in [1.29, 1.82) is 0 Å². The Bertz CT molecular complexity index is 589. The maximum absolute atomic E-state index is 14.0. The van der Waals surface area contributed by atoms with Gasteiger partial charge in [-0.2, -0.15) is 0 Å². The number of benzene rings is 1. The van der Waals surface area contributed by atoms with E-state index in [4.69, 9.17) is 0 Å². The van der Waals surface area contributed by atoms with Crippen LogP contribution in [0, 0.1) is 11.6 Å². The minimum atomic E-state index is -0.654. The highest BCUT2D eigenvalue weighted by Gasteiger charge is 2.24. The number of amides is 3. The summed E-state index contributed by atoms with van der Waals surface area (Å²) in [6.07, 6.45) is 0.778. The van der Waals surface area contributed by atoms with Crippen molar-refractivity contribution in [2.75, 3.05) is 40.3 Å². The van der Waals surface area contributed by atoms with Crippen molar-refractivity contribution in [3.05, 3.63) is 35.4 Å². The van der Waals surface area contributed by atoms with Crippen LogP contribution in [0.2, 0.25) is 0 Å². The van der Waals surface area contributed by atoms with Crippen molar-refractivity contribution in [2.45, 2.75) is 12.5 Å². The van der Waals surface area contributed by atoms with Gasteiger partial charge in [-0.1, -0.05) is 6.07 Å². The molecule has 0 spiro atoms. The van der Waals surface area contributed by atoms with Crippen LogP contribution in [-0.4, -0.2) is 62.0 Å². The molecular weight excluding hydrogens is 318 g/mol. The Morgan fingerprint density at radius 2 is 2.04 bits per heavy atom. The fourth-order valence-electron chi connectivity index (χ4n) is 2.64. The standard InChI is InChI=1S/C16H22F2N4O2/c1-21(2)13(15-11(17)5-3-6-12(15)18)9-20-14(23)10-22-8-4-7-19-16(22)24/h3,5-6,13H,4,7-10H2,1-2H3,(H,19,24)(H,20,23)/t13-/m0/s1. The number of hydrogen-bond donors (Lipinski definition) is 2. The van der Waals surface area contributed by atoms with Gasteiger partial charge in [0.2, 0.25) is 5.91 Å². The fraction of sp³-hybridized carbons (Fsp3) is 0.500. The van der Waals surface area contributed by atoms with E-state index in [1.165, 1.54) is 23.1 Å². The number of hydrogen-bond acceptors (Lipinski definition) is 3. The summed E-state index contributed by atoms with van der Waals surface area (Å²) in [5.74, 6) is -1.67. The topological polar surface area (TPSA) is 64.7 Å². The first-order valence-electron chi connectivity index (χ1n) is 7.80. The molecule has 2 N–H and O–H groups in total. The largest absolute Gasteiger partial charge is 0.353 e. The van der Waals surface area contributed by atoms with Gasteiger partial charge < -0.3 is 20.4 Å². The van der Waals surface area contributed by atoms with Crippen molar-refractivity contribution in [1.82, 2.24) is 20.4 Å². The molecule has 1 saturated heterocycles. The molecule has 1 aliphatic rings. The second kappa shape index (κ2) is 8.05. The molecule has 132 valence electrons. The van der Waals surface area contributed by atoms with Gasteiger partial charge in [0.1, 0.15) is 18.2 Å². The van der Waals surface area contributed by atoms with Crippen LogP contribution < -0.4 is 10.6 Å². The van der Waals surface area contributed by atoms with E-state index in [0.29, 0.717) is 13.1 Å². The van der Waals surface area contributed by atoms with Gasteiger partial charge in [0.25, 0.3) is 0 Å². The van der Waals surface area contributed by atoms with Crippen molar-refractivity contribution < 1.29 is 18.4 Å². The van der Waals surface area contributed by atoms with Crippen molar-refractivity contribution in [3.63, 3.8) is 0 Å². The van der Waals surface area contributed by atoms with E-state index in [0.717, 1.165) is 6.42 Å². The predicted molar refractivity (Wildman–Crippen MR) is 85.4 cm³/mol. The predicted octanol–water partition coefficient (Wildman–Crippen LogP) is 1.10. The minimum Gasteiger partial charge on any atom is -0.353 e. The Hall–Kier alpha value is -2.22. The van der Waals surface area contributed by atoms with Gasteiger partial charge in [-0.3, -0.25) is 4.79 Å². The number of nitrogens with one attached hydrogen (secondary N) is 2. The third-order valence-electron chi connectivity index (χ3n) is 3.95. The summed E-state index contributed by atoms with van der Waals surface area (Å²) in [5, 5.41) is 5.31. The summed E-state index contributed by atoms with van der Waals surface area (Å²) in [4.78, 5) is 26.7. The summed E-state index contributed by atoms with van der Waals surface area (Å²) in [6, 6.07) is 2.75. The normalized spacial score (nSPS) is 16.0. The molecule has 6 nitrogen and oxygen atoms in total. The molecule has 0 aromatic heterocycles. The molecule has 1 fully saturated rings.